The first-order valence-electron chi connectivity index (χ1n) is 9.56. The molecule has 4 atom stereocenters. The van der Waals surface area contributed by atoms with Crippen LogP contribution in [0.3, 0.4) is 0 Å². The van der Waals surface area contributed by atoms with Gasteiger partial charge in [-0.05, 0) is 76.9 Å². The fourth-order valence-corrected chi connectivity index (χ4v) is 4.31. The van der Waals surface area contributed by atoms with Crippen LogP contribution < -0.4 is 10.6 Å². The van der Waals surface area contributed by atoms with Crippen LogP contribution in [0.15, 0.2) is 12.2 Å². The lowest BCUT2D eigenvalue weighted by atomic mass is 9.95. The number of fused-ring (bicyclic) bond motifs is 2. The van der Waals surface area contributed by atoms with Crippen LogP contribution in [0.5, 0.6) is 0 Å². The highest BCUT2D eigenvalue weighted by Crippen LogP contribution is 2.46. The van der Waals surface area contributed by atoms with Gasteiger partial charge in [0, 0.05) is 5.92 Å². The number of carbonyl (C=O) groups is 1. The zero-order valence-electron chi connectivity index (χ0n) is 14.5. The minimum absolute atomic E-state index is 0.0468. The summed E-state index contributed by atoms with van der Waals surface area (Å²) in [4.78, 5) is 12.5. The zero-order valence-corrected chi connectivity index (χ0v) is 14.5. The van der Waals surface area contributed by atoms with Gasteiger partial charge in [-0.25, -0.2) is 0 Å². The van der Waals surface area contributed by atoms with Crippen LogP contribution >= 0.6 is 0 Å². The maximum atomic E-state index is 12.5. The highest BCUT2D eigenvalue weighted by atomic mass is 16.5. The van der Waals surface area contributed by atoms with E-state index < -0.39 is 5.54 Å². The van der Waals surface area contributed by atoms with E-state index in [1.54, 1.807) is 0 Å². The van der Waals surface area contributed by atoms with Crippen molar-refractivity contribution in [2.24, 2.45) is 17.8 Å². The van der Waals surface area contributed by atoms with E-state index in [9.17, 15) is 4.79 Å². The van der Waals surface area contributed by atoms with Crippen molar-refractivity contribution >= 4 is 5.97 Å². The molecule has 2 N–H and O–H groups in total. The van der Waals surface area contributed by atoms with Crippen LogP contribution in [-0.2, 0) is 9.53 Å². The Morgan fingerprint density at radius 3 is 2.87 bits per heavy atom. The van der Waals surface area contributed by atoms with Crippen molar-refractivity contribution < 1.29 is 9.53 Å². The lowest BCUT2D eigenvalue weighted by Crippen LogP contribution is -2.45. The molecule has 2 saturated carbocycles. The second-order valence-corrected chi connectivity index (χ2v) is 7.46. The van der Waals surface area contributed by atoms with Gasteiger partial charge < -0.3 is 15.4 Å². The molecule has 0 saturated heterocycles. The second kappa shape index (κ2) is 7.80. The predicted molar refractivity (Wildman–Crippen MR) is 92.2 cm³/mol. The first kappa shape index (κ1) is 17.0. The Bertz CT molecular complexity index is 437. The summed E-state index contributed by atoms with van der Waals surface area (Å²) < 4.78 is 5.36. The number of esters is 1. The van der Waals surface area contributed by atoms with E-state index >= 15 is 0 Å². The van der Waals surface area contributed by atoms with Crippen molar-refractivity contribution in [2.75, 3.05) is 26.2 Å². The van der Waals surface area contributed by atoms with Gasteiger partial charge in [0.15, 0.2) is 0 Å². The average molecular weight is 320 g/mol. The maximum absolute atomic E-state index is 12.5. The van der Waals surface area contributed by atoms with Crippen molar-refractivity contribution in [1.82, 2.24) is 10.6 Å². The number of carbonyl (C=O) groups excluding carboxylic acids is 1. The summed E-state index contributed by atoms with van der Waals surface area (Å²) in [6.45, 7) is 5.59. The van der Waals surface area contributed by atoms with Crippen molar-refractivity contribution in [2.45, 2.75) is 57.4 Å². The van der Waals surface area contributed by atoms with Crippen LogP contribution in [0.2, 0.25) is 0 Å². The summed E-state index contributed by atoms with van der Waals surface area (Å²) >= 11 is 0. The van der Waals surface area contributed by atoms with Gasteiger partial charge in [0.1, 0.15) is 5.54 Å². The molecular formula is C19H32N2O2. The normalized spacial score (nSPS) is 39.6. The quantitative estimate of drug-likeness (QED) is 0.607. The van der Waals surface area contributed by atoms with Gasteiger partial charge in [-0.2, -0.15) is 0 Å². The van der Waals surface area contributed by atoms with Crippen LogP contribution in [0.1, 0.15) is 51.9 Å². The Kier molecular flexibility index (Phi) is 5.76. The highest BCUT2D eigenvalue weighted by Gasteiger charge is 2.60. The molecule has 23 heavy (non-hydrogen) atoms. The molecule has 0 radical (unpaired) electrons. The van der Waals surface area contributed by atoms with E-state index in [1.807, 2.05) is 6.92 Å². The van der Waals surface area contributed by atoms with E-state index in [4.69, 9.17) is 4.74 Å². The largest absolute Gasteiger partial charge is 0.465 e. The molecule has 4 nitrogen and oxygen atoms in total. The van der Waals surface area contributed by atoms with E-state index in [-0.39, 0.29) is 5.97 Å². The molecule has 2 fully saturated rings. The molecule has 0 spiro atoms. The van der Waals surface area contributed by atoms with E-state index in [0.29, 0.717) is 18.4 Å². The molecule has 3 aliphatic rings. The fraction of sp³-hybridized carbons (Fsp3) is 0.842. The van der Waals surface area contributed by atoms with Gasteiger partial charge in [-0.15, -0.1) is 0 Å². The maximum Gasteiger partial charge on any atom is 0.326 e. The standard InChI is InChI=1S/C19H32N2O2/c1-2-23-18(22)19-12-17(19)10-5-3-4-6-11-20-13-15-8-7-9-16(15)14-21-19/h5,10,15-17,20-21H,2-4,6-9,11-14H2,1H3/b10-5-. The molecule has 4 heteroatoms. The number of ether oxygens (including phenoxy) is 1. The topological polar surface area (TPSA) is 50.4 Å². The Balaban J connectivity index is 1.68. The van der Waals surface area contributed by atoms with Crippen LogP contribution in [0, 0.1) is 17.8 Å². The minimum atomic E-state index is -0.433. The molecule has 1 heterocycles. The summed E-state index contributed by atoms with van der Waals surface area (Å²) in [5.41, 5.74) is -0.433. The summed E-state index contributed by atoms with van der Waals surface area (Å²) in [7, 11) is 0. The third kappa shape index (κ3) is 3.97. The number of hydrogen-bond donors (Lipinski definition) is 2. The molecule has 0 aromatic rings. The van der Waals surface area contributed by atoms with Gasteiger partial charge >= 0.3 is 5.97 Å². The molecule has 0 bridgehead atoms. The lowest BCUT2D eigenvalue weighted by molar-refractivity contribution is -0.147. The molecule has 0 aromatic heterocycles. The van der Waals surface area contributed by atoms with Crippen LogP contribution in [-0.4, -0.2) is 37.7 Å². The Hall–Kier alpha value is -0.870. The Labute approximate surface area is 140 Å². The third-order valence-electron chi connectivity index (χ3n) is 5.90. The molecule has 0 amide bonds. The number of nitrogens with one attached hydrogen (secondary N) is 2. The molecule has 2 aliphatic carbocycles. The number of hydrogen-bond acceptors (Lipinski definition) is 4. The summed E-state index contributed by atoms with van der Waals surface area (Å²) in [5.74, 6) is 1.73. The first-order valence-corrected chi connectivity index (χ1v) is 9.56. The van der Waals surface area contributed by atoms with Gasteiger partial charge in [-0.1, -0.05) is 18.6 Å². The van der Waals surface area contributed by atoms with E-state index in [2.05, 4.69) is 22.8 Å². The van der Waals surface area contributed by atoms with E-state index in [0.717, 1.165) is 38.4 Å². The Morgan fingerprint density at radius 2 is 2.04 bits per heavy atom. The van der Waals surface area contributed by atoms with E-state index in [1.165, 1.54) is 32.1 Å². The monoisotopic (exact) mass is 320 g/mol. The molecule has 0 aromatic carbocycles. The zero-order chi connectivity index (χ0) is 16.1. The lowest BCUT2D eigenvalue weighted by Gasteiger charge is -2.24. The predicted octanol–water partition coefficient (Wildman–Crippen LogP) is 2.64. The smallest absolute Gasteiger partial charge is 0.326 e. The number of rotatable bonds is 2. The van der Waals surface area contributed by atoms with Crippen molar-refractivity contribution in [3.8, 4) is 0 Å². The van der Waals surface area contributed by atoms with Crippen molar-refractivity contribution in [1.29, 1.82) is 0 Å². The average Bonchev–Trinajstić information content (AvgIpc) is 3.08. The fourth-order valence-electron chi connectivity index (χ4n) is 4.31. The minimum Gasteiger partial charge on any atom is -0.465 e. The summed E-state index contributed by atoms with van der Waals surface area (Å²) in [5, 5.41) is 7.27. The third-order valence-corrected chi connectivity index (χ3v) is 5.90. The highest BCUT2D eigenvalue weighted by molar-refractivity contribution is 5.85. The molecule has 130 valence electrons. The summed E-state index contributed by atoms with van der Waals surface area (Å²) in [6, 6.07) is 0. The first-order chi connectivity index (χ1) is 11.3. The molecular weight excluding hydrogens is 288 g/mol. The summed E-state index contributed by atoms with van der Waals surface area (Å²) in [6.07, 6.45) is 12.9. The molecule has 4 unspecified atom stereocenters. The van der Waals surface area contributed by atoms with Crippen molar-refractivity contribution in [3.63, 3.8) is 0 Å². The van der Waals surface area contributed by atoms with Gasteiger partial charge in [0.05, 0.1) is 6.61 Å². The van der Waals surface area contributed by atoms with Gasteiger partial charge in [-0.3, -0.25) is 4.79 Å². The van der Waals surface area contributed by atoms with Crippen LogP contribution in [0.4, 0.5) is 0 Å². The Morgan fingerprint density at radius 1 is 1.22 bits per heavy atom. The molecule has 3 rings (SSSR count). The van der Waals surface area contributed by atoms with Gasteiger partial charge in [0.25, 0.3) is 0 Å². The van der Waals surface area contributed by atoms with Gasteiger partial charge in [0.2, 0.25) is 0 Å². The number of allylic oxidation sites excluding steroid dienone is 1. The van der Waals surface area contributed by atoms with Crippen molar-refractivity contribution in [3.05, 3.63) is 12.2 Å². The van der Waals surface area contributed by atoms with Crippen LogP contribution in [0.25, 0.3) is 0 Å². The second-order valence-electron chi connectivity index (χ2n) is 7.46. The molecule has 1 aliphatic heterocycles. The SMILES string of the molecule is CCOC(=O)C12CC1/C=C\CCCCNCC1CCCC1CN2.